The molecule has 6 nitrogen and oxygen atoms in total. The zero-order chi connectivity index (χ0) is 19.4. The summed E-state index contributed by atoms with van der Waals surface area (Å²) < 4.78 is 14.7. The molecule has 8 heteroatoms. The lowest BCUT2D eigenvalue weighted by atomic mass is 10.0. The third-order valence-corrected chi connectivity index (χ3v) is 4.41. The molecule has 0 amide bonds. The second-order valence-electron chi connectivity index (χ2n) is 6.14. The van der Waals surface area contributed by atoms with E-state index in [1.807, 2.05) is 19.1 Å². The van der Waals surface area contributed by atoms with E-state index in [1.165, 1.54) is 0 Å². The van der Waals surface area contributed by atoms with Gasteiger partial charge in [-0.15, -0.1) is 5.10 Å². The topological polar surface area (TPSA) is 81.1 Å². The van der Waals surface area contributed by atoms with Gasteiger partial charge >= 0.3 is 0 Å². The molecule has 3 aromatic rings. The minimum atomic E-state index is -0.607. The number of hydrogen-bond donors (Lipinski definition) is 2. The number of halogens is 2. The molecule has 0 saturated heterocycles. The molecule has 1 atom stereocenters. The zero-order valence-electron chi connectivity index (χ0n) is 15.1. The van der Waals surface area contributed by atoms with Crippen LogP contribution in [0, 0.1) is 18.8 Å². The number of pyridine rings is 1. The van der Waals surface area contributed by atoms with Crippen LogP contribution >= 0.6 is 11.6 Å². The van der Waals surface area contributed by atoms with Crippen LogP contribution in [0.3, 0.4) is 0 Å². The minimum absolute atomic E-state index is 0.0928. The maximum Gasteiger partial charge on any atom is 0.243 e. The van der Waals surface area contributed by atoms with E-state index >= 15 is 0 Å². The number of rotatable bonds is 6. The van der Waals surface area contributed by atoms with Crippen LogP contribution in [0.5, 0.6) is 0 Å². The van der Waals surface area contributed by atoms with Crippen LogP contribution in [0.1, 0.15) is 29.3 Å². The number of alkyl halides is 1. The quantitative estimate of drug-likeness (QED) is 0.636. The number of hydrogen-bond acceptors (Lipinski definition) is 5. The van der Waals surface area contributed by atoms with Gasteiger partial charge in [0.25, 0.3) is 0 Å². The summed E-state index contributed by atoms with van der Waals surface area (Å²) in [5, 5.41) is 7.70. The van der Waals surface area contributed by atoms with Gasteiger partial charge in [-0.2, -0.15) is 4.98 Å². The standard InChI is InChI=1S/C19H20ClFN6/c1-3-4-16-15(9-14(22)10-21)12(2)17-18(25-19(20)26-27(16)17)24-11-13-5-7-23-8-6-13/h5-8,14H,9-11,22H2,1-2H3,(H,24,25,26)/t14-/m1/s1. The summed E-state index contributed by atoms with van der Waals surface area (Å²) in [6.07, 6.45) is 3.82. The first kappa shape index (κ1) is 19.1. The van der Waals surface area contributed by atoms with Crippen molar-refractivity contribution in [1.29, 1.82) is 0 Å². The molecule has 0 spiro atoms. The molecule has 0 aliphatic rings. The Hall–Kier alpha value is -2.69. The number of nitrogens with two attached hydrogens (primary N) is 1. The second-order valence-corrected chi connectivity index (χ2v) is 6.48. The molecule has 0 aliphatic carbocycles. The van der Waals surface area contributed by atoms with Gasteiger partial charge in [0.1, 0.15) is 17.9 Å². The lowest BCUT2D eigenvalue weighted by Gasteiger charge is -2.09. The fourth-order valence-electron chi connectivity index (χ4n) is 2.97. The summed E-state index contributed by atoms with van der Waals surface area (Å²) in [6.45, 7) is 3.61. The summed E-state index contributed by atoms with van der Waals surface area (Å²) >= 11 is 6.15. The third kappa shape index (κ3) is 4.02. The molecule has 0 bridgehead atoms. The second kappa shape index (κ2) is 8.33. The van der Waals surface area contributed by atoms with E-state index in [0.717, 1.165) is 22.2 Å². The Bertz CT molecular complexity index is 1010. The number of nitrogens with one attached hydrogen (secondary N) is 1. The number of anilines is 1. The number of nitrogens with zero attached hydrogens (tertiary/aromatic N) is 4. The van der Waals surface area contributed by atoms with Crippen LogP contribution in [0.15, 0.2) is 24.5 Å². The van der Waals surface area contributed by atoms with E-state index in [9.17, 15) is 4.39 Å². The lowest BCUT2D eigenvalue weighted by molar-refractivity contribution is 0.426. The number of aromatic nitrogens is 4. The van der Waals surface area contributed by atoms with Crippen molar-refractivity contribution in [2.45, 2.75) is 32.9 Å². The Labute approximate surface area is 162 Å². The van der Waals surface area contributed by atoms with Crippen molar-refractivity contribution >= 4 is 22.9 Å². The SMILES string of the molecule is CC#Cc1c(C[C@@H](N)CF)c(C)c2c(NCc3ccncc3)nc(Cl)nn12. The minimum Gasteiger partial charge on any atom is -0.364 e. The molecule has 27 heavy (non-hydrogen) atoms. The maximum atomic E-state index is 13.0. The zero-order valence-corrected chi connectivity index (χ0v) is 15.9. The van der Waals surface area contributed by atoms with Crippen molar-refractivity contribution in [1.82, 2.24) is 19.6 Å². The highest BCUT2D eigenvalue weighted by Crippen LogP contribution is 2.29. The fourth-order valence-corrected chi connectivity index (χ4v) is 3.13. The lowest BCUT2D eigenvalue weighted by Crippen LogP contribution is -2.25. The molecule has 3 N–H and O–H groups in total. The highest BCUT2D eigenvalue weighted by atomic mass is 35.5. The van der Waals surface area contributed by atoms with Crippen LogP contribution in [0.25, 0.3) is 5.52 Å². The average Bonchev–Trinajstić information content (AvgIpc) is 2.92. The first-order valence-electron chi connectivity index (χ1n) is 8.50. The Morgan fingerprint density at radius 1 is 1.37 bits per heavy atom. The third-order valence-electron chi connectivity index (χ3n) is 4.25. The average molecular weight is 387 g/mol. The van der Waals surface area contributed by atoms with Crippen LogP contribution < -0.4 is 11.1 Å². The summed E-state index contributed by atoms with van der Waals surface area (Å²) in [4.78, 5) is 8.36. The Balaban J connectivity index is 2.11. The fraction of sp³-hybridized carbons (Fsp3) is 0.316. The Morgan fingerprint density at radius 2 is 2.11 bits per heavy atom. The molecule has 0 radical (unpaired) electrons. The molecule has 0 fully saturated rings. The van der Waals surface area contributed by atoms with E-state index in [-0.39, 0.29) is 5.28 Å². The molecular formula is C19H20ClFN6. The number of aryl methyl sites for hydroxylation is 1. The Morgan fingerprint density at radius 3 is 2.78 bits per heavy atom. The van der Waals surface area contributed by atoms with Crippen molar-refractivity contribution in [2.24, 2.45) is 5.73 Å². The van der Waals surface area contributed by atoms with Gasteiger partial charge in [0, 0.05) is 25.0 Å². The van der Waals surface area contributed by atoms with Gasteiger partial charge in [0.05, 0.1) is 0 Å². The van der Waals surface area contributed by atoms with Gasteiger partial charge in [0.2, 0.25) is 5.28 Å². The predicted molar refractivity (Wildman–Crippen MR) is 105 cm³/mol. The van der Waals surface area contributed by atoms with Gasteiger partial charge in [-0.1, -0.05) is 5.92 Å². The van der Waals surface area contributed by atoms with Crippen molar-refractivity contribution in [2.75, 3.05) is 12.0 Å². The molecule has 3 heterocycles. The molecule has 3 aromatic heterocycles. The molecule has 140 valence electrons. The van der Waals surface area contributed by atoms with E-state index in [4.69, 9.17) is 17.3 Å². The van der Waals surface area contributed by atoms with Gasteiger partial charge in [-0.05, 0) is 66.6 Å². The molecule has 3 rings (SSSR count). The Kier molecular flexibility index (Phi) is 5.89. The van der Waals surface area contributed by atoms with Crippen molar-refractivity contribution in [3.63, 3.8) is 0 Å². The first-order chi connectivity index (χ1) is 13.0. The monoisotopic (exact) mass is 386 g/mol. The summed E-state index contributed by atoms with van der Waals surface area (Å²) in [5.74, 6) is 6.52. The smallest absolute Gasteiger partial charge is 0.243 e. The molecule has 0 aliphatic heterocycles. The number of fused-ring (bicyclic) bond motifs is 1. The summed E-state index contributed by atoms with van der Waals surface area (Å²) in [7, 11) is 0. The molecule has 0 aromatic carbocycles. The van der Waals surface area contributed by atoms with E-state index in [1.54, 1.807) is 23.8 Å². The summed E-state index contributed by atoms with van der Waals surface area (Å²) in [5.41, 5.74) is 10.1. The van der Waals surface area contributed by atoms with E-state index in [0.29, 0.717) is 24.5 Å². The highest BCUT2D eigenvalue weighted by Gasteiger charge is 2.21. The van der Waals surface area contributed by atoms with Crippen LogP contribution in [0.4, 0.5) is 10.2 Å². The van der Waals surface area contributed by atoms with Gasteiger partial charge in [0.15, 0.2) is 5.82 Å². The van der Waals surface area contributed by atoms with Crippen molar-refractivity contribution in [3.05, 3.63) is 52.2 Å². The van der Waals surface area contributed by atoms with Gasteiger partial charge in [-0.3, -0.25) is 4.98 Å². The molecular weight excluding hydrogens is 367 g/mol. The van der Waals surface area contributed by atoms with Crippen molar-refractivity contribution in [3.8, 4) is 11.8 Å². The summed E-state index contributed by atoms with van der Waals surface area (Å²) in [6, 6.07) is 3.23. The molecule has 0 saturated carbocycles. The predicted octanol–water partition coefficient (Wildman–Crippen LogP) is 2.91. The van der Waals surface area contributed by atoms with Crippen LogP contribution in [0.2, 0.25) is 5.28 Å². The maximum absolute atomic E-state index is 13.0. The van der Waals surface area contributed by atoms with Crippen LogP contribution in [-0.4, -0.2) is 32.3 Å². The largest absolute Gasteiger partial charge is 0.364 e. The van der Waals surface area contributed by atoms with E-state index < -0.39 is 12.7 Å². The van der Waals surface area contributed by atoms with E-state index in [2.05, 4.69) is 32.2 Å². The van der Waals surface area contributed by atoms with Gasteiger partial charge < -0.3 is 11.1 Å². The van der Waals surface area contributed by atoms with Crippen LogP contribution in [-0.2, 0) is 13.0 Å². The van der Waals surface area contributed by atoms with Gasteiger partial charge in [-0.25, -0.2) is 8.91 Å². The first-order valence-corrected chi connectivity index (χ1v) is 8.87. The van der Waals surface area contributed by atoms with Crippen molar-refractivity contribution < 1.29 is 4.39 Å². The normalized spacial score (nSPS) is 11.9. The molecule has 0 unspecified atom stereocenters. The highest BCUT2D eigenvalue weighted by molar-refractivity contribution is 6.28.